The summed E-state index contributed by atoms with van der Waals surface area (Å²) in [6.07, 6.45) is 7.66. The minimum atomic E-state index is -0.241. The number of nitrogens with zero attached hydrogens (tertiary/aromatic N) is 1. The number of carbonyl (C=O) groups excluding carboxylic acids is 2. The van der Waals surface area contributed by atoms with Gasteiger partial charge in [0.1, 0.15) is 0 Å². The first-order chi connectivity index (χ1) is 12.5. The van der Waals surface area contributed by atoms with Gasteiger partial charge in [0.05, 0.1) is 5.56 Å². The van der Waals surface area contributed by atoms with Gasteiger partial charge in [0.25, 0.3) is 5.91 Å². The summed E-state index contributed by atoms with van der Waals surface area (Å²) >= 11 is 0. The SMILES string of the molecule is CCCCNC(=O)Nc1ccc(N(C)C)c(C(=O)NC2CCCCC2)c1. The number of rotatable bonds is 7. The lowest BCUT2D eigenvalue weighted by Crippen LogP contribution is -2.37. The molecular formula is C20H32N4O2. The molecule has 1 aliphatic rings. The third kappa shape index (κ3) is 5.93. The van der Waals surface area contributed by atoms with Gasteiger partial charge in [0.2, 0.25) is 0 Å². The number of anilines is 2. The lowest BCUT2D eigenvalue weighted by molar-refractivity contribution is 0.0928. The number of nitrogens with one attached hydrogen (secondary N) is 3. The molecule has 0 saturated heterocycles. The van der Waals surface area contributed by atoms with Gasteiger partial charge in [-0.25, -0.2) is 4.79 Å². The van der Waals surface area contributed by atoms with Gasteiger partial charge in [-0.15, -0.1) is 0 Å². The number of carbonyl (C=O) groups is 2. The third-order valence-electron chi connectivity index (χ3n) is 4.74. The molecule has 1 aliphatic carbocycles. The van der Waals surface area contributed by atoms with Crippen molar-refractivity contribution < 1.29 is 9.59 Å². The highest BCUT2D eigenvalue weighted by molar-refractivity contribution is 6.02. The fourth-order valence-electron chi connectivity index (χ4n) is 3.25. The molecule has 0 unspecified atom stereocenters. The second-order valence-corrected chi connectivity index (χ2v) is 7.17. The molecule has 0 aromatic heterocycles. The van der Waals surface area contributed by atoms with Gasteiger partial charge in [-0.1, -0.05) is 32.6 Å². The Morgan fingerprint density at radius 2 is 1.88 bits per heavy atom. The predicted octanol–water partition coefficient (Wildman–Crippen LogP) is 3.74. The van der Waals surface area contributed by atoms with Gasteiger partial charge < -0.3 is 20.9 Å². The van der Waals surface area contributed by atoms with Crippen LogP contribution in [0.25, 0.3) is 0 Å². The zero-order valence-corrected chi connectivity index (χ0v) is 16.2. The van der Waals surface area contributed by atoms with Gasteiger partial charge in [0.15, 0.2) is 0 Å². The molecule has 0 aliphatic heterocycles. The van der Waals surface area contributed by atoms with E-state index in [4.69, 9.17) is 0 Å². The highest BCUT2D eigenvalue weighted by atomic mass is 16.2. The van der Waals surface area contributed by atoms with E-state index in [1.807, 2.05) is 31.1 Å². The molecule has 3 N–H and O–H groups in total. The van der Waals surface area contributed by atoms with Crippen LogP contribution in [0.2, 0.25) is 0 Å². The van der Waals surface area contributed by atoms with E-state index in [1.54, 1.807) is 6.07 Å². The minimum Gasteiger partial charge on any atom is -0.377 e. The van der Waals surface area contributed by atoms with Crippen LogP contribution in [0.1, 0.15) is 62.2 Å². The topological polar surface area (TPSA) is 73.5 Å². The summed E-state index contributed by atoms with van der Waals surface area (Å²) in [6.45, 7) is 2.73. The first-order valence-electron chi connectivity index (χ1n) is 9.68. The molecule has 1 fully saturated rings. The molecular weight excluding hydrogens is 328 g/mol. The molecule has 2 rings (SSSR count). The van der Waals surface area contributed by atoms with Crippen molar-refractivity contribution >= 4 is 23.3 Å². The van der Waals surface area contributed by atoms with E-state index in [2.05, 4.69) is 22.9 Å². The summed E-state index contributed by atoms with van der Waals surface area (Å²) in [6, 6.07) is 5.46. The second-order valence-electron chi connectivity index (χ2n) is 7.17. The molecule has 1 aromatic carbocycles. The second kappa shape index (κ2) is 10.0. The average molecular weight is 361 g/mol. The van der Waals surface area contributed by atoms with Crippen LogP contribution in [0.3, 0.4) is 0 Å². The Morgan fingerprint density at radius 3 is 2.54 bits per heavy atom. The number of amides is 3. The Balaban J connectivity index is 2.08. The molecule has 0 bridgehead atoms. The van der Waals surface area contributed by atoms with Crippen LogP contribution in [0, 0.1) is 0 Å². The lowest BCUT2D eigenvalue weighted by atomic mass is 9.95. The van der Waals surface area contributed by atoms with Crippen LogP contribution in [-0.4, -0.2) is 38.6 Å². The summed E-state index contributed by atoms with van der Waals surface area (Å²) in [5.74, 6) is -0.0735. The van der Waals surface area contributed by atoms with Crippen molar-refractivity contribution in [2.75, 3.05) is 30.9 Å². The van der Waals surface area contributed by atoms with Crippen LogP contribution in [0.15, 0.2) is 18.2 Å². The molecule has 1 aromatic rings. The molecule has 0 heterocycles. The Hall–Kier alpha value is -2.24. The van der Waals surface area contributed by atoms with Gasteiger partial charge in [-0.2, -0.15) is 0 Å². The Morgan fingerprint density at radius 1 is 1.15 bits per heavy atom. The normalized spacial score (nSPS) is 14.6. The number of hydrogen-bond acceptors (Lipinski definition) is 3. The molecule has 0 atom stereocenters. The zero-order valence-electron chi connectivity index (χ0n) is 16.2. The number of urea groups is 1. The monoisotopic (exact) mass is 360 g/mol. The largest absolute Gasteiger partial charge is 0.377 e. The van der Waals surface area contributed by atoms with Crippen molar-refractivity contribution in [1.82, 2.24) is 10.6 Å². The standard InChI is InChI=1S/C20H32N4O2/c1-4-5-13-21-20(26)23-16-11-12-18(24(2)3)17(14-16)19(25)22-15-9-7-6-8-10-15/h11-12,14-15H,4-10,13H2,1-3H3,(H,22,25)(H2,21,23,26). The summed E-state index contributed by atoms with van der Waals surface area (Å²) in [4.78, 5) is 26.7. The quantitative estimate of drug-likeness (QED) is 0.649. The van der Waals surface area contributed by atoms with E-state index in [9.17, 15) is 9.59 Å². The first-order valence-corrected chi connectivity index (χ1v) is 9.68. The van der Waals surface area contributed by atoms with E-state index in [1.165, 1.54) is 19.3 Å². The third-order valence-corrected chi connectivity index (χ3v) is 4.74. The molecule has 6 nitrogen and oxygen atoms in total. The lowest BCUT2D eigenvalue weighted by Gasteiger charge is -2.24. The van der Waals surface area contributed by atoms with Crippen molar-refractivity contribution in [1.29, 1.82) is 0 Å². The van der Waals surface area contributed by atoms with E-state index < -0.39 is 0 Å². The number of benzene rings is 1. The van der Waals surface area contributed by atoms with Gasteiger partial charge >= 0.3 is 6.03 Å². The maximum Gasteiger partial charge on any atom is 0.319 e. The molecule has 1 saturated carbocycles. The van der Waals surface area contributed by atoms with Gasteiger partial charge in [-0.3, -0.25) is 4.79 Å². The summed E-state index contributed by atoms with van der Waals surface area (Å²) in [7, 11) is 3.83. The average Bonchev–Trinajstić information content (AvgIpc) is 2.62. The predicted molar refractivity (Wildman–Crippen MR) is 107 cm³/mol. The maximum absolute atomic E-state index is 12.8. The molecule has 0 radical (unpaired) electrons. The van der Waals surface area contributed by atoms with Crippen molar-refractivity contribution in [3.8, 4) is 0 Å². The van der Waals surface area contributed by atoms with Crippen LogP contribution in [-0.2, 0) is 0 Å². The van der Waals surface area contributed by atoms with Gasteiger partial charge in [0, 0.05) is 38.1 Å². The maximum atomic E-state index is 12.8. The van der Waals surface area contributed by atoms with Crippen LogP contribution < -0.4 is 20.9 Å². The number of unbranched alkanes of at least 4 members (excludes halogenated alkanes) is 1. The van der Waals surface area contributed by atoms with Gasteiger partial charge in [-0.05, 0) is 37.5 Å². The summed E-state index contributed by atoms with van der Waals surface area (Å²) in [5.41, 5.74) is 2.06. The van der Waals surface area contributed by atoms with E-state index >= 15 is 0 Å². The zero-order chi connectivity index (χ0) is 18.9. The molecule has 3 amide bonds. The van der Waals surface area contributed by atoms with E-state index in [0.29, 0.717) is 17.8 Å². The highest BCUT2D eigenvalue weighted by Gasteiger charge is 2.20. The number of hydrogen-bond donors (Lipinski definition) is 3. The summed E-state index contributed by atoms with van der Waals surface area (Å²) in [5, 5.41) is 8.80. The van der Waals surface area contributed by atoms with Crippen molar-refractivity contribution in [2.45, 2.75) is 57.9 Å². The van der Waals surface area contributed by atoms with Crippen molar-refractivity contribution in [3.05, 3.63) is 23.8 Å². The Bertz CT molecular complexity index is 610. The van der Waals surface area contributed by atoms with Crippen LogP contribution in [0.4, 0.5) is 16.2 Å². The van der Waals surface area contributed by atoms with E-state index in [0.717, 1.165) is 31.4 Å². The molecule has 144 valence electrons. The minimum absolute atomic E-state index is 0.0735. The Kier molecular flexibility index (Phi) is 7.75. The molecule has 26 heavy (non-hydrogen) atoms. The van der Waals surface area contributed by atoms with E-state index in [-0.39, 0.29) is 18.0 Å². The smallest absolute Gasteiger partial charge is 0.319 e. The first kappa shape index (κ1) is 20.1. The van der Waals surface area contributed by atoms with Crippen molar-refractivity contribution in [2.24, 2.45) is 0 Å². The molecule has 0 spiro atoms. The summed E-state index contributed by atoms with van der Waals surface area (Å²) < 4.78 is 0. The molecule has 6 heteroatoms. The fraction of sp³-hybridized carbons (Fsp3) is 0.600. The van der Waals surface area contributed by atoms with Crippen LogP contribution >= 0.6 is 0 Å². The fourth-order valence-corrected chi connectivity index (χ4v) is 3.25. The van der Waals surface area contributed by atoms with Crippen molar-refractivity contribution in [3.63, 3.8) is 0 Å². The Labute approximate surface area is 156 Å². The highest BCUT2D eigenvalue weighted by Crippen LogP contribution is 2.24. The van der Waals surface area contributed by atoms with Crippen LogP contribution in [0.5, 0.6) is 0 Å².